The van der Waals surface area contributed by atoms with Crippen molar-refractivity contribution in [1.82, 2.24) is 15.1 Å². The molecular weight excluding hydrogens is 369 g/mol. The molecule has 1 amide bonds. The fraction of sp³-hybridized carbons (Fsp3) is 0.227. The van der Waals surface area contributed by atoms with Gasteiger partial charge in [-0.25, -0.2) is 9.38 Å². The third kappa shape index (κ3) is 5.07. The molecule has 0 aliphatic heterocycles. The number of rotatable bonds is 4. The zero-order valence-corrected chi connectivity index (χ0v) is 17.0. The highest BCUT2D eigenvalue weighted by Crippen LogP contribution is 2.14. The molecule has 150 valence electrons. The summed E-state index contributed by atoms with van der Waals surface area (Å²) in [6.07, 6.45) is 0. The van der Waals surface area contributed by atoms with E-state index in [-0.39, 0.29) is 17.7 Å². The number of anilines is 1. The third-order valence-electron chi connectivity index (χ3n) is 4.67. The number of aromatic nitrogens is 2. The molecule has 2 N–H and O–H groups in total. The number of benzene rings is 2. The first-order chi connectivity index (χ1) is 13.8. The minimum absolute atomic E-state index is 0.276. The first-order valence-electron chi connectivity index (χ1n) is 9.27. The number of halogens is 1. The number of nitrogens with zero attached hydrogens (tertiary/aromatic N) is 3. The second-order valence-electron chi connectivity index (χ2n) is 6.89. The van der Waals surface area contributed by atoms with Gasteiger partial charge in [0.1, 0.15) is 5.82 Å². The average molecular weight is 393 g/mol. The zero-order chi connectivity index (χ0) is 21.0. The van der Waals surface area contributed by atoms with Gasteiger partial charge in [0.25, 0.3) is 5.91 Å². The van der Waals surface area contributed by atoms with E-state index in [1.807, 2.05) is 40.0 Å². The molecule has 0 atom stereocenters. The van der Waals surface area contributed by atoms with Gasteiger partial charge in [-0.15, -0.1) is 0 Å². The normalized spacial score (nSPS) is 11.4. The summed E-state index contributed by atoms with van der Waals surface area (Å²) < 4.78 is 15.0. The highest BCUT2D eigenvalue weighted by Gasteiger charge is 2.12. The summed E-state index contributed by atoms with van der Waals surface area (Å²) in [6.45, 7) is 6.18. The number of aryl methyl sites for hydroxylation is 3. The van der Waals surface area contributed by atoms with Gasteiger partial charge in [0.05, 0.1) is 12.2 Å². The molecule has 3 rings (SSSR count). The molecule has 0 aliphatic carbocycles. The number of carbonyl (C=O) groups is 1. The van der Waals surface area contributed by atoms with E-state index in [9.17, 15) is 9.18 Å². The quantitative estimate of drug-likeness (QED) is 0.522. The first kappa shape index (κ1) is 20.3. The van der Waals surface area contributed by atoms with Crippen LogP contribution < -0.4 is 10.6 Å². The maximum absolute atomic E-state index is 13.2. The summed E-state index contributed by atoms with van der Waals surface area (Å²) in [5.74, 6) is -0.327. The van der Waals surface area contributed by atoms with E-state index in [4.69, 9.17) is 0 Å². The second kappa shape index (κ2) is 8.68. The van der Waals surface area contributed by atoms with Crippen LogP contribution in [0.15, 0.2) is 53.5 Å². The Balaban J connectivity index is 1.86. The molecule has 6 nitrogen and oxygen atoms in total. The van der Waals surface area contributed by atoms with Gasteiger partial charge in [0.2, 0.25) is 5.96 Å². The van der Waals surface area contributed by atoms with Crippen LogP contribution >= 0.6 is 0 Å². The van der Waals surface area contributed by atoms with Crippen LogP contribution in [0.25, 0.3) is 0 Å². The lowest BCUT2D eigenvalue weighted by atomic mass is 10.1. The van der Waals surface area contributed by atoms with Crippen molar-refractivity contribution >= 4 is 17.6 Å². The molecule has 0 saturated carbocycles. The Morgan fingerprint density at radius 2 is 1.86 bits per heavy atom. The Bertz CT molecular complexity index is 1050. The second-order valence-corrected chi connectivity index (χ2v) is 6.89. The van der Waals surface area contributed by atoms with Crippen molar-refractivity contribution in [2.24, 2.45) is 12.0 Å². The highest BCUT2D eigenvalue weighted by atomic mass is 19.1. The highest BCUT2D eigenvalue weighted by molar-refractivity contribution is 6.10. The lowest BCUT2D eigenvalue weighted by Gasteiger charge is -2.12. The fourth-order valence-electron chi connectivity index (χ4n) is 2.95. The predicted octanol–water partition coefficient (Wildman–Crippen LogP) is 3.88. The van der Waals surface area contributed by atoms with Crippen LogP contribution in [-0.4, -0.2) is 21.6 Å². The van der Waals surface area contributed by atoms with Crippen LogP contribution in [0.1, 0.15) is 32.9 Å². The van der Waals surface area contributed by atoms with Gasteiger partial charge in [0.15, 0.2) is 0 Å². The maximum Gasteiger partial charge on any atom is 0.257 e. The minimum atomic E-state index is -0.334. The number of hydrogen-bond acceptors (Lipinski definition) is 3. The van der Waals surface area contributed by atoms with Gasteiger partial charge >= 0.3 is 0 Å². The van der Waals surface area contributed by atoms with Crippen molar-refractivity contribution in [3.63, 3.8) is 0 Å². The van der Waals surface area contributed by atoms with Gasteiger partial charge in [0, 0.05) is 29.6 Å². The van der Waals surface area contributed by atoms with Crippen molar-refractivity contribution in [3.05, 3.63) is 82.4 Å². The van der Waals surface area contributed by atoms with Crippen molar-refractivity contribution in [3.8, 4) is 0 Å². The Labute approximate surface area is 169 Å². The van der Waals surface area contributed by atoms with Gasteiger partial charge < -0.3 is 5.32 Å². The summed E-state index contributed by atoms with van der Waals surface area (Å²) in [7, 11) is 1.88. The molecule has 0 fully saturated rings. The predicted molar refractivity (Wildman–Crippen MR) is 112 cm³/mol. The van der Waals surface area contributed by atoms with E-state index in [1.54, 1.807) is 28.9 Å². The van der Waals surface area contributed by atoms with Crippen LogP contribution in [-0.2, 0) is 13.6 Å². The lowest BCUT2D eigenvalue weighted by molar-refractivity contribution is 0.0977. The first-order valence-corrected chi connectivity index (χ1v) is 9.27. The fourth-order valence-corrected chi connectivity index (χ4v) is 2.95. The minimum Gasteiger partial charge on any atom is -0.326 e. The molecule has 1 aromatic heterocycles. The maximum atomic E-state index is 13.2. The largest absolute Gasteiger partial charge is 0.326 e. The SMILES string of the molecule is Cc1cccc(C(=O)NC(=NCc2c(C)nn(C)c2C)Nc2ccc(F)cc2)c1. The molecule has 1 heterocycles. The number of guanidine groups is 1. The molecule has 2 aromatic carbocycles. The van der Waals surface area contributed by atoms with Gasteiger partial charge in [-0.2, -0.15) is 5.10 Å². The summed E-state index contributed by atoms with van der Waals surface area (Å²) in [6, 6.07) is 13.2. The standard InChI is InChI=1S/C22H24FN5O/c1-14-6-5-7-17(12-14)21(29)26-22(25-19-10-8-18(23)9-11-19)24-13-20-15(2)27-28(4)16(20)3/h5-12H,13H2,1-4H3,(H2,24,25,26,29). The molecule has 0 saturated heterocycles. The number of nitrogens with one attached hydrogen (secondary N) is 2. The Morgan fingerprint density at radius 3 is 2.48 bits per heavy atom. The number of hydrogen-bond donors (Lipinski definition) is 2. The molecule has 0 spiro atoms. The molecule has 29 heavy (non-hydrogen) atoms. The molecule has 3 aromatic rings. The van der Waals surface area contributed by atoms with E-state index in [1.165, 1.54) is 12.1 Å². The van der Waals surface area contributed by atoms with Crippen LogP contribution in [0.4, 0.5) is 10.1 Å². The van der Waals surface area contributed by atoms with Crippen LogP contribution in [0.5, 0.6) is 0 Å². The van der Waals surface area contributed by atoms with E-state index in [2.05, 4.69) is 20.7 Å². The van der Waals surface area contributed by atoms with E-state index in [0.29, 0.717) is 17.8 Å². The average Bonchev–Trinajstić information content (AvgIpc) is 2.93. The molecule has 0 unspecified atom stereocenters. The Kier molecular flexibility index (Phi) is 6.07. The van der Waals surface area contributed by atoms with E-state index >= 15 is 0 Å². The summed E-state index contributed by atoms with van der Waals surface area (Å²) in [4.78, 5) is 17.3. The number of aliphatic imine (C=N–C) groups is 1. The third-order valence-corrected chi connectivity index (χ3v) is 4.67. The van der Waals surface area contributed by atoms with Gasteiger partial charge in [-0.1, -0.05) is 17.7 Å². The van der Waals surface area contributed by atoms with Crippen LogP contribution in [0, 0.1) is 26.6 Å². The van der Waals surface area contributed by atoms with Crippen molar-refractivity contribution in [1.29, 1.82) is 0 Å². The lowest BCUT2D eigenvalue weighted by Crippen LogP contribution is -2.36. The monoisotopic (exact) mass is 393 g/mol. The van der Waals surface area contributed by atoms with Gasteiger partial charge in [-0.3, -0.25) is 14.8 Å². The van der Waals surface area contributed by atoms with Crippen molar-refractivity contribution in [2.75, 3.05) is 5.32 Å². The molecule has 0 bridgehead atoms. The Hall–Kier alpha value is -3.48. The number of carbonyl (C=O) groups excluding carboxylic acids is 1. The molecule has 0 radical (unpaired) electrons. The Morgan fingerprint density at radius 1 is 1.14 bits per heavy atom. The van der Waals surface area contributed by atoms with Crippen LogP contribution in [0.2, 0.25) is 0 Å². The number of amides is 1. The van der Waals surface area contributed by atoms with Crippen molar-refractivity contribution < 1.29 is 9.18 Å². The smallest absolute Gasteiger partial charge is 0.257 e. The van der Waals surface area contributed by atoms with E-state index in [0.717, 1.165) is 22.5 Å². The summed E-state index contributed by atoms with van der Waals surface area (Å²) in [5.41, 5.74) is 5.04. The summed E-state index contributed by atoms with van der Waals surface area (Å²) >= 11 is 0. The topological polar surface area (TPSA) is 71.3 Å². The summed E-state index contributed by atoms with van der Waals surface area (Å²) in [5, 5.41) is 10.3. The zero-order valence-electron chi connectivity index (χ0n) is 17.0. The van der Waals surface area contributed by atoms with Crippen molar-refractivity contribution in [2.45, 2.75) is 27.3 Å². The molecular formula is C22H24FN5O. The molecule has 0 aliphatic rings. The van der Waals surface area contributed by atoms with Gasteiger partial charge in [-0.05, 0) is 57.2 Å². The van der Waals surface area contributed by atoms with E-state index < -0.39 is 0 Å². The van der Waals surface area contributed by atoms with Crippen LogP contribution in [0.3, 0.4) is 0 Å². The molecule has 7 heteroatoms.